The molecule has 0 spiro atoms. The molecule has 3 rings (SSSR count). The normalized spacial score (nSPS) is 24.8. The monoisotopic (exact) mass is 263 g/mol. The lowest BCUT2D eigenvalue weighted by Gasteiger charge is -2.32. The second kappa shape index (κ2) is 4.03. The summed E-state index contributed by atoms with van der Waals surface area (Å²) in [7, 11) is -0.524. The van der Waals surface area contributed by atoms with Crippen LogP contribution in [0.2, 0.25) is 0 Å². The maximum absolute atomic E-state index is 14.0. The standard InChI is InChI=1S/C14H19BFNO2/c1-13(2)14(3,4)19-15(18-13)10-7-17-8-11(16)12(10)9-5-6-9/h7-9H,5-6H2,1-4H3. The smallest absolute Gasteiger partial charge is 0.399 e. The summed E-state index contributed by atoms with van der Waals surface area (Å²) >= 11 is 0. The highest BCUT2D eigenvalue weighted by Gasteiger charge is 2.53. The predicted molar refractivity (Wildman–Crippen MR) is 71.9 cm³/mol. The van der Waals surface area contributed by atoms with Crippen LogP contribution in [-0.4, -0.2) is 23.3 Å². The van der Waals surface area contributed by atoms with E-state index >= 15 is 0 Å². The van der Waals surface area contributed by atoms with Crippen LogP contribution in [0.25, 0.3) is 0 Å². The summed E-state index contributed by atoms with van der Waals surface area (Å²) in [5.41, 5.74) is 0.657. The molecule has 2 aliphatic rings. The van der Waals surface area contributed by atoms with Crippen LogP contribution >= 0.6 is 0 Å². The van der Waals surface area contributed by atoms with Gasteiger partial charge in [-0.3, -0.25) is 4.98 Å². The molecule has 0 unspecified atom stereocenters. The zero-order chi connectivity index (χ0) is 13.8. The van der Waals surface area contributed by atoms with E-state index in [-0.39, 0.29) is 5.82 Å². The first-order chi connectivity index (χ1) is 8.82. The fourth-order valence-electron chi connectivity index (χ4n) is 2.42. The first-order valence-corrected chi connectivity index (χ1v) is 6.81. The molecular formula is C14H19BFNO2. The summed E-state index contributed by atoms with van der Waals surface area (Å²) in [5.74, 6) is 0.0618. The molecule has 3 nitrogen and oxygen atoms in total. The average molecular weight is 263 g/mol. The van der Waals surface area contributed by atoms with E-state index in [1.54, 1.807) is 6.20 Å². The largest absolute Gasteiger partial charge is 0.496 e. The predicted octanol–water partition coefficient (Wildman–Crippen LogP) is 2.40. The highest BCUT2D eigenvalue weighted by molar-refractivity contribution is 6.62. The van der Waals surface area contributed by atoms with Crippen molar-refractivity contribution in [3.63, 3.8) is 0 Å². The fourth-order valence-corrected chi connectivity index (χ4v) is 2.42. The van der Waals surface area contributed by atoms with Gasteiger partial charge in [-0.2, -0.15) is 0 Å². The van der Waals surface area contributed by atoms with Gasteiger partial charge in [0.25, 0.3) is 0 Å². The van der Waals surface area contributed by atoms with Crippen LogP contribution in [0.3, 0.4) is 0 Å². The van der Waals surface area contributed by atoms with Crippen molar-refractivity contribution in [3.05, 3.63) is 23.8 Å². The van der Waals surface area contributed by atoms with E-state index in [9.17, 15) is 4.39 Å². The summed E-state index contributed by atoms with van der Waals surface area (Å²) in [6.45, 7) is 7.99. The SMILES string of the molecule is CC1(C)OB(c2cncc(F)c2C2CC2)OC1(C)C. The van der Waals surface area contributed by atoms with Gasteiger partial charge in [-0.25, -0.2) is 4.39 Å². The molecule has 0 N–H and O–H groups in total. The van der Waals surface area contributed by atoms with Crippen molar-refractivity contribution >= 4 is 12.6 Å². The molecule has 0 amide bonds. The Bertz CT molecular complexity index is 498. The molecule has 0 atom stereocenters. The van der Waals surface area contributed by atoms with Gasteiger partial charge in [-0.1, -0.05) is 0 Å². The third-order valence-corrected chi connectivity index (χ3v) is 4.46. The van der Waals surface area contributed by atoms with Crippen molar-refractivity contribution in [1.82, 2.24) is 4.98 Å². The fraction of sp³-hybridized carbons (Fsp3) is 0.643. The number of pyridine rings is 1. The molecule has 1 saturated carbocycles. The molecule has 19 heavy (non-hydrogen) atoms. The zero-order valence-corrected chi connectivity index (χ0v) is 11.9. The van der Waals surface area contributed by atoms with Gasteiger partial charge in [0, 0.05) is 11.7 Å². The molecule has 2 heterocycles. The van der Waals surface area contributed by atoms with Gasteiger partial charge in [0.1, 0.15) is 5.82 Å². The first kappa shape index (κ1) is 13.1. The van der Waals surface area contributed by atoms with Crippen molar-refractivity contribution in [1.29, 1.82) is 0 Å². The van der Waals surface area contributed by atoms with Gasteiger partial charge in [0.05, 0.1) is 17.4 Å². The van der Waals surface area contributed by atoms with E-state index in [4.69, 9.17) is 9.31 Å². The maximum atomic E-state index is 14.0. The quantitative estimate of drug-likeness (QED) is 0.768. The van der Waals surface area contributed by atoms with Crippen LogP contribution in [0, 0.1) is 5.82 Å². The molecule has 2 fully saturated rings. The molecule has 0 bridgehead atoms. The number of nitrogens with zero attached hydrogens (tertiary/aromatic N) is 1. The van der Waals surface area contributed by atoms with E-state index < -0.39 is 18.3 Å². The van der Waals surface area contributed by atoms with Crippen LogP contribution in [-0.2, 0) is 9.31 Å². The van der Waals surface area contributed by atoms with Crippen molar-refractivity contribution < 1.29 is 13.7 Å². The minimum absolute atomic E-state index is 0.241. The summed E-state index contributed by atoms with van der Waals surface area (Å²) in [6, 6.07) is 0. The number of hydrogen-bond donors (Lipinski definition) is 0. The third-order valence-electron chi connectivity index (χ3n) is 4.46. The van der Waals surface area contributed by atoms with Crippen LogP contribution in [0.1, 0.15) is 52.0 Å². The van der Waals surface area contributed by atoms with E-state index in [0.717, 1.165) is 23.9 Å². The molecular weight excluding hydrogens is 244 g/mol. The Balaban J connectivity index is 1.98. The second-order valence-electron chi connectivity index (χ2n) is 6.49. The summed E-state index contributed by atoms with van der Waals surface area (Å²) in [5, 5.41) is 0. The van der Waals surface area contributed by atoms with Crippen molar-refractivity contribution in [3.8, 4) is 0 Å². The number of hydrogen-bond acceptors (Lipinski definition) is 3. The van der Waals surface area contributed by atoms with Crippen molar-refractivity contribution in [2.75, 3.05) is 0 Å². The Morgan fingerprint density at radius 2 is 1.74 bits per heavy atom. The number of rotatable bonds is 2. The van der Waals surface area contributed by atoms with Gasteiger partial charge in [-0.15, -0.1) is 0 Å². The number of halogens is 1. The first-order valence-electron chi connectivity index (χ1n) is 6.81. The topological polar surface area (TPSA) is 31.4 Å². The molecule has 0 radical (unpaired) electrons. The van der Waals surface area contributed by atoms with E-state index in [0.29, 0.717) is 5.92 Å². The molecule has 1 aliphatic carbocycles. The Labute approximate surface area is 113 Å². The van der Waals surface area contributed by atoms with E-state index in [2.05, 4.69) is 4.98 Å². The van der Waals surface area contributed by atoms with Gasteiger partial charge in [0.2, 0.25) is 0 Å². The van der Waals surface area contributed by atoms with Gasteiger partial charge < -0.3 is 9.31 Å². The molecule has 1 aromatic rings. The minimum atomic E-state index is -0.524. The molecule has 1 aliphatic heterocycles. The number of aromatic nitrogens is 1. The van der Waals surface area contributed by atoms with Crippen LogP contribution in [0.5, 0.6) is 0 Å². The highest BCUT2D eigenvalue weighted by Crippen LogP contribution is 2.42. The molecule has 1 saturated heterocycles. The van der Waals surface area contributed by atoms with Crippen LogP contribution in [0.15, 0.2) is 12.4 Å². The van der Waals surface area contributed by atoms with E-state index in [1.165, 1.54) is 6.20 Å². The molecule has 5 heteroatoms. The molecule has 0 aromatic carbocycles. The van der Waals surface area contributed by atoms with Crippen LogP contribution < -0.4 is 5.46 Å². The maximum Gasteiger partial charge on any atom is 0.496 e. The zero-order valence-electron chi connectivity index (χ0n) is 11.9. The summed E-state index contributed by atoms with van der Waals surface area (Å²) < 4.78 is 26.0. The Kier molecular flexibility index (Phi) is 2.77. The highest BCUT2D eigenvalue weighted by atomic mass is 19.1. The minimum Gasteiger partial charge on any atom is -0.399 e. The second-order valence-corrected chi connectivity index (χ2v) is 6.49. The summed E-state index contributed by atoms with van der Waals surface area (Å²) in [4.78, 5) is 3.96. The Morgan fingerprint density at radius 3 is 2.26 bits per heavy atom. The molecule has 1 aromatic heterocycles. The van der Waals surface area contributed by atoms with Crippen molar-refractivity contribution in [2.24, 2.45) is 0 Å². The lowest BCUT2D eigenvalue weighted by molar-refractivity contribution is 0.00578. The lowest BCUT2D eigenvalue weighted by Crippen LogP contribution is -2.41. The average Bonchev–Trinajstić information content (AvgIpc) is 3.07. The van der Waals surface area contributed by atoms with Gasteiger partial charge in [-0.05, 0) is 52.0 Å². The molecule has 102 valence electrons. The van der Waals surface area contributed by atoms with Crippen LogP contribution in [0.4, 0.5) is 4.39 Å². The summed E-state index contributed by atoms with van der Waals surface area (Å²) in [6.07, 6.45) is 5.03. The Hall–Kier alpha value is -0.935. The van der Waals surface area contributed by atoms with Gasteiger partial charge in [0.15, 0.2) is 0 Å². The Morgan fingerprint density at radius 1 is 1.16 bits per heavy atom. The lowest BCUT2D eigenvalue weighted by atomic mass is 9.76. The van der Waals surface area contributed by atoms with Crippen molar-refractivity contribution in [2.45, 2.75) is 57.7 Å². The third kappa shape index (κ3) is 2.09. The van der Waals surface area contributed by atoms with E-state index in [1.807, 2.05) is 27.7 Å². The van der Waals surface area contributed by atoms with Gasteiger partial charge >= 0.3 is 7.12 Å².